The van der Waals surface area contributed by atoms with E-state index in [-0.39, 0.29) is 42.0 Å². The molecule has 15 heterocycles. The van der Waals surface area contributed by atoms with E-state index in [9.17, 15) is 53.4 Å². The highest BCUT2D eigenvalue weighted by Gasteiger charge is 2.62. The summed E-state index contributed by atoms with van der Waals surface area (Å²) >= 11 is 0. The van der Waals surface area contributed by atoms with E-state index in [0.29, 0.717) is 105 Å². The van der Waals surface area contributed by atoms with Crippen LogP contribution in [0.5, 0.6) is 0 Å². The number of urea groups is 3. The smallest absolute Gasteiger partial charge is 0.328 e. The molecule has 0 bridgehead atoms. The Balaban J connectivity index is 0.000000130. The van der Waals surface area contributed by atoms with Crippen molar-refractivity contribution in [2.45, 2.75) is 189 Å². The van der Waals surface area contributed by atoms with Crippen LogP contribution in [0.25, 0.3) is 39.6 Å². The number of esters is 1. The van der Waals surface area contributed by atoms with Gasteiger partial charge in [-0.25, -0.2) is 73.6 Å². The standard InChI is InChI=1S/C29H33N7O7.C26H27N7O7.C25H27N7O7/c1-3-30-29(39)34-24-20-25(32-15-31-24)36(16-33-20)27-23-21(41-19(42-23)13-12-17-9-6-5-7-10-17)22(43-27)26(37)35-14-8-11-18(35)28(38)40-4-2;34-22(32-10-4-7-15(32)24(35)36)18-17-19(40-25(39-17)13-5-2-1-3-6-13)23(38-18)33-12-29-16-20(27-11-28-21(16)33)31-26(37)30-14-8-9-14;1-2-26-25(36)30-19-15-20(28-11-27-19)32(12-29-15)22-18-16(38-24(39-18)13-7-4-3-5-8-13)17(37-22)21(33)31-10-6-9-14(31)23(34)35/h5-7,9-10,12-13,15-16,18-19,21-23,27H,3-4,8,11,14H2,1-2H3,(H2,30,31,32,34,39);1-3,5-6,11-12,14-15,17-19,23,25H,4,7-10H2,(H,35,36)(H2,27,28,30,31,37);3-5,7-8,11-12,14,16-18,22,24H,2,6,9-10H2,1H3,(H,34,35)(H2,26,27,28,30,36)/b13-12+;;/t18-,19-,21?,22?,23?,27?;15-,17?,18?,19?,23?,25-;14-,16?,17?,18?,22?,24-/m000/s1. The number of imidazole rings is 3. The van der Waals surface area contributed by atoms with E-state index in [2.05, 4.69) is 76.8 Å². The molecule has 122 heavy (non-hydrogen) atoms. The van der Waals surface area contributed by atoms with Crippen molar-refractivity contribution in [1.29, 1.82) is 0 Å². The van der Waals surface area contributed by atoms with Crippen LogP contribution in [-0.2, 0) is 76.1 Å². The number of anilines is 3. The van der Waals surface area contributed by atoms with E-state index in [0.717, 1.165) is 29.5 Å². The number of carbonyl (C=O) groups excluding carboxylic acids is 7. The van der Waals surface area contributed by atoms with Crippen molar-refractivity contribution in [3.8, 4) is 0 Å². The first kappa shape index (κ1) is 81.7. The number of carbonyl (C=O) groups is 9. The molecule has 19 rings (SSSR count). The van der Waals surface area contributed by atoms with Crippen LogP contribution in [0.3, 0.4) is 0 Å². The van der Waals surface area contributed by atoms with E-state index < -0.39 is 152 Å². The summed E-state index contributed by atoms with van der Waals surface area (Å²) in [6.45, 7) is 7.47. The van der Waals surface area contributed by atoms with Gasteiger partial charge in [0.25, 0.3) is 17.7 Å². The lowest BCUT2D eigenvalue weighted by Gasteiger charge is -2.27. The topological polar surface area (TPSA) is 499 Å². The van der Waals surface area contributed by atoms with Crippen LogP contribution in [-0.4, -0.2) is 262 Å². The molecule has 3 aromatic carbocycles. The number of likely N-dealkylation sites (tertiary alicyclic amines) is 3. The number of fused-ring (bicyclic) bond motifs is 6. The first-order chi connectivity index (χ1) is 59.4. The van der Waals surface area contributed by atoms with E-state index >= 15 is 0 Å². The van der Waals surface area contributed by atoms with Crippen LogP contribution in [0, 0.1) is 0 Å². The van der Waals surface area contributed by atoms with E-state index in [1.54, 1.807) is 40.5 Å². The molecule has 9 aromatic rings. The molecule has 1 saturated carbocycles. The summed E-state index contributed by atoms with van der Waals surface area (Å²) in [5.74, 6) is -3.18. The second kappa shape index (κ2) is 35.6. The molecule has 0 radical (unpaired) electrons. The van der Waals surface area contributed by atoms with Crippen molar-refractivity contribution in [2.24, 2.45) is 0 Å². The molecule has 10 fully saturated rings. The largest absolute Gasteiger partial charge is 0.480 e. The van der Waals surface area contributed by atoms with Gasteiger partial charge < -0.3 is 88.2 Å². The van der Waals surface area contributed by atoms with E-state index in [1.165, 1.54) is 52.7 Å². The molecule has 8 N–H and O–H groups in total. The second-order valence-electron chi connectivity index (χ2n) is 30.0. The summed E-state index contributed by atoms with van der Waals surface area (Å²) in [4.78, 5) is 157. The number of rotatable bonds is 20. The van der Waals surface area contributed by atoms with Gasteiger partial charge in [-0.05, 0) is 83.8 Å². The fourth-order valence-corrected chi connectivity index (χ4v) is 16.6. The summed E-state index contributed by atoms with van der Waals surface area (Å²) in [6.07, 6.45) is 4.34. The first-order valence-corrected chi connectivity index (χ1v) is 40.4. The second-order valence-corrected chi connectivity index (χ2v) is 30.0. The Morgan fingerprint density at radius 3 is 1.20 bits per heavy atom. The molecule has 9 saturated heterocycles. The highest BCUT2D eigenvalue weighted by molar-refractivity contribution is 5.98. The van der Waals surface area contributed by atoms with Crippen LogP contribution in [0.2, 0.25) is 0 Å². The zero-order chi connectivity index (χ0) is 84.4. The lowest BCUT2D eigenvalue weighted by atomic mass is 10.1. The van der Waals surface area contributed by atoms with Gasteiger partial charge in [-0.15, -0.1) is 0 Å². The molecule has 42 heteroatoms. The van der Waals surface area contributed by atoms with Gasteiger partial charge in [0.2, 0.25) is 0 Å². The molecule has 9 aliphatic heterocycles. The van der Waals surface area contributed by atoms with Gasteiger partial charge in [0.1, 0.15) is 73.7 Å². The number of hydrogen-bond donors (Lipinski definition) is 8. The highest BCUT2D eigenvalue weighted by Crippen LogP contribution is 2.49. The Morgan fingerprint density at radius 1 is 0.434 bits per heavy atom. The molecule has 9 amide bonds. The molecule has 6 aromatic heterocycles. The highest BCUT2D eigenvalue weighted by atomic mass is 16.8. The van der Waals surface area contributed by atoms with Crippen molar-refractivity contribution >= 4 is 111 Å². The maximum Gasteiger partial charge on any atom is 0.328 e. The number of aromatic nitrogens is 12. The van der Waals surface area contributed by atoms with Crippen molar-refractivity contribution in [3.63, 3.8) is 0 Å². The first-order valence-electron chi connectivity index (χ1n) is 40.4. The minimum Gasteiger partial charge on any atom is -0.480 e. The Labute approximate surface area is 693 Å². The fraction of sp³-hybridized carbons (Fsp3) is 0.450. The summed E-state index contributed by atoms with van der Waals surface area (Å²) in [5, 5.41) is 35.5. The zero-order valence-corrected chi connectivity index (χ0v) is 66.0. The Kier molecular flexibility index (Phi) is 23.8. The van der Waals surface area contributed by atoms with Crippen molar-refractivity contribution in [3.05, 3.63) is 152 Å². The van der Waals surface area contributed by atoms with Crippen molar-refractivity contribution in [1.82, 2.24) is 89.2 Å². The number of nitrogens with one attached hydrogen (secondary N) is 6. The normalized spacial score (nSPS) is 28.0. The lowest BCUT2D eigenvalue weighted by molar-refractivity contribution is -0.171. The third-order valence-electron chi connectivity index (χ3n) is 22.3. The van der Waals surface area contributed by atoms with Crippen LogP contribution in [0.15, 0.2) is 135 Å². The molecular formula is C80H87N21O21. The van der Waals surface area contributed by atoms with Gasteiger partial charge in [-0.2, -0.15) is 0 Å². The van der Waals surface area contributed by atoms with Gasteiger partial charge in [-0.1, -0.05) is 97.1 Å². The monoisotopic (exact) mass is 1680 g/mol. The number of amides is 9. The van der Waals surface area contributed by atoms with Gasteiger partial charge >= 0.3 is 36.0 Å². The summed E-state index contributed by atoms with van der Waals surface area (Å²) in [5.41, 5.74) is 4.60. The van der Waals surface area contributed by atoms with Gasteiger partial charge in [0.05, 0.1) is 25.6 Å². The van der Waals surface area contributed by atoms with E-state index in [1.807, 2.05) is 97.1 Å². The third-order valence-corrected chi connectivity index (χ3v) is 22.3. The molecule has 0 spiro atoms. The van der Waals surface area contributed by atoms with Crippen molar-refractivity contribution in [2.75, 3.05) is 55.3 Å². The number of hydrogen-bond acceptors (Lipinski definition) is 28. The molecule has 42 nitrogen and oxygen atoms in total. The third kappa shape index (κ3) is 16.5. The lowest BCUT2D eigenvalue weighted by Crippen LogP contribution is -2.49. The molecule has 18 atom stereocenters. The van der Waals surface area contributed by atoms with Gasteiger partial charge in [-0.3, -0.25) is 44.0 Å². The maximum absolute atomic E-state index is 13.9. The number of nitrogens with zero attached hydrogens (tertiary/aromatic N) is 15. The van der Waals surface area contributed by atoms with Crippen LogP contribution in [0.4, 0.5) is 31.8 Å². The Hall–Kier alpha value is -12.7. The SMILES string of the molecule is CCNC(=O)Nc1ncnc2c1ncn2C1OC(C(=O)N2CCC[C@H]2C(=O)O)C2O[C@H](c3ccccc3)OC21.CCNC(=O)Nc1ncnc2c1ncn2C1OC(C(=O)N2CCC[C@H]2C(=O)OCC)C2O[C@H](/C=C/c3ccccc3)OC21.O=C(Nc1ncnc2c1ncn2C1OC(C(=O)N2CCC[C@H]2C(=O)O)C2O[C@H](c3ccccc3)OC21)NC1CC1. The number of aliphatic carboxylic acids is 2. The molecular weight excluding hydrogens is 1590 g/mol. The summed E-state index contributed by atoms with van der Waals surface area (Å²) in [6, 6.07) is 24.8. The molecule has 638 valence electrons. The molecule has 10 aliphatic rings. The average molecular weight is 1680 g/mol. The van der Waals surface area contributed by atoms with Gasteiger partial charge in [0, 0.05) is 49.9 Å². The van der Waals surface area contributed by atoms with Gasteiger partial charge in [0.15, 0.2) is 107 Å². The van der Waals surface area contributed by atoms with E-state index in [4.69, 9.17) is 47.4 Å². The van der Waals surface area contributed by atoms with Crippen LogP contribution < -0.4 is 31.9 Å². The minimum absolute atomic E-state index is 0.168. The number of carboxylic acids is 2. The van der Waals surface area contributed by atoms with Crippen LogP contribution in [0.1, 0.15) is 120 Å². The molecule has 12 unspecified atom stereocenters. The Morgan fingerprint density at radius 2 is 0.803 bits per heavy atom. The number of ether oxygens (including phenoxy) is 10. The van der Waals surface area contributed by atoms with Crippen LogP contribution >= 0.6 is 0 Å². The average Bonchev–Trinajstić information content (AvgIpc) is 1.59. The quantitative estimate of drug-likeness (QED) is 0.0453. The molecule has 1 aliphatic carbocycles. The summed E-state index contributed by atoms with van der Waals surface area (Å²) < 4.78 is 66.7. The summed E-state index contributed by atoms with van der Waals surface area (Å²) in [7, 11) is 0. The number of benzene rings is 3. The van der Waals surface area contributed by atoms with Crippen molar-refractivity contribution < 1.29 is 101 Å². The predicted octanol–water partition coefficient (Wildman–Crippen LogP) is 5.23. The number of carboxylic acid groups (broad SMARTS) is 2. The minimum atomic E-state index is -1.11. The maximum atomic E-state index is 13.9. The Bertz CT molecular complexity index is 5420. The zero-order valence-electron chi connectivity index (χ0n) is 66.0. The predicted molar refractivity (Wildman–Crippen MR) is 421 cm³/mol. The fourth-order valence-electron chi connectivity index (χ4n) is 16.6.